The quantitative estimate of drug-likeness (QED) is 0.558. The first-order valence-electron chi connectivity index (χ1n) is 4.24. The first-order chi connectivity index (χ1) is 4.79. The van der Waals surface area contributed by atoms with Crippen LogP contribution in [0.15, 0.2) is 0 Å². The van der Waals surface area contributed by atoms with Gasteiger partial charge in [0, 0.05) is 12.6 Å². The predicted octanol–water partition coefficient (Wildman–Crippen LogP) is 1.74. The van der Waals surface area contributed by atoms with Crippen molar-refractivity contribution >= 4 is 0 Å². The second kappa shape index (κ2) is 2.89. The smallest absolute Gasteiger partial charge is 0.0353 e. The maximum atomic E-state index is 9.03. The van der Waals surface area contributed by atoms with E-state index in [1.807, 2.05) is 13.8 Å². The molecule has 1 aliphatic carbocycles. The van der Waals surface area contributed by atoms with Crippen LogP contribution in [0.1, 0.15) is 27.2 Å². The largest absolute Gasteiger partial charge is 0.314 e. The summed E-state index contributed by atoms with van der Waals surface area (Å²) in [6, 6.07) is 0.444. The van der Waals surface area contributed by atoms with Gasteiger partial charge in [0.25, 0.3) is 0 Å². The van der Waals surface area contributed by atoms with Crippen LogP contribution in [-0.2, 0) is 0 Å². The van der Waals surface area contributed by atoms with Gasteiger partial charge in [0.15, 0.2) is 0 Å². The Bertz CT molecular complexity index is 114. The number of hydrogen-bond donors (Lipinski definition) is 1. The van der Waals surface area contributed by atoms with E-state index in [0.29, 0.717) is 6.04 Å². The predicted molar refractivity (Wildman–Crippen MR) is 40.9 cm³/mol. The summed E-state index contributed by atoms with van der Waals surface area (Å²) < 4.78 is 0. The minimum Gasteiger partial charge on any atom is -0.314 e. The Labute approximate surface area is 62.8 Å². The minimum atomic E-state index is 0.444. The lowest BCUT2D eigenvalue weighted by Crippen LogP contribution is -2.26. The van der Waals surface area contributed by atoms with Crippen molar-refractivity contribution in [2.24, 2.45) is 11.8 Å². The number of piperidine rings is 1. The summed E-state index contributed by atoms with van der Waals surface area (Å²) in [6.45, 7) is 7.02. The van der Waals surface area contributed by atoms with E-state index >= 15 is 0 Å². The number of hydroxylamine groups is 2. The highest BCUT2D eigenvalue weighted by Gasteiger charge is 2.50. The molecule has 2 fully saturated rings. The molecular weight excluding hydrogens is 126 g/mol. The summed E-state index contributed by atoms with van der Waals surface area (Å²) in [5.41, 5.74) is 0. The zero-order chi connectivity index (χ0) is 7.72. The van der Waals surface area contributed by atoms with Crippen LogP contribution >= 0.6 is 0 Å². The Morgan fingerprint density at radius 3 is 2.20 bits per heavy atom. The van der Waals surface area contributed by atoms with Crippen molar-refractivity contribution in [3.05, 3.63) is 0 Å². The normalized spacial score (nSPS) is 43.8. The van der Waals surface area contributed by atoms with E-state index in [-0.39, 0.29) is 0 Å². The standard InChI is InChI=1S/C6H11NO.C2H6/c1-4-6-2-5(6)3-7(4)8;1-2/h4-6,8H,2-3H2,1H3;1-2H3. The Balaban J connectivity index is 0.000000231. The summed E-state index contributed by atoms with van der Waals surface area (Å²) >= 11 is 0. The molecule has 0 spiro atoms. The van der Waals surface area contributed by atoms with E-state index in [4.69, 9.17) is 5.21 Å². The first-order valence-corrected chi connectivity index (χ1v) is 4.24. The fourth-order valence-electron chi connectivity index (χ4n) is 1.70. The van der Waals surface area contributed by atoms with E-state index in [9.17, 15) is 0 Å². The third-order valence-corrected chi connectivity index (χ3v) is 2.49. The van der Waals surface area contributed by atoms with Crippen molar-refractivity contribution in [3.63, 3.8) is 0 Å². The van der Waals surface area contributed by atoms with Gasteiger partial charge in [0.2, 0.25) is 0 Å². The van der Waals surface area contributed by atoms with Gasteiger partial charge in [-0.3, -0.25) is 0 Å². The van der Waals surface area contributed by atoms with Crippen LogP contribution in [0.2, 0.25) is 0 Å². The number of rotatable bonds is 0. The Kier molecular flexibility index (Phi) is 2.32. The lowest BCUT2D eigenvalue weighted by Gasteiger charge is -2.14. The molecule has 1 N–H and O–H groups in total. The number of nitrogens with zero attached hydrogens (tertiary/aromatic N) is 1. The van der Waals surface area contributed by atoms with Crippen LogP contribution in [0.4, 0.5) is 0 Å². The third-order valence-electron chi connectivity index (χ3n) is 2.49. The van der Waals surface area contributed by atoms with Gasteiger partial charge in [0.05, 0.1) is 0 Å². The molecular formula is C8H17NO. The molecule has 1 saturated carbocycles. The van der Waals surface area contributed by atoms with Crippen LogP contribution in [0.5, 0.6) is 0 Å². The summed E-state index contributed by atoms with van der Waals surface area (Å²) in [7, 11) is 0. The van der Waals surface area contributed by atoms with Crippen LogP contribution in [0.3, 0.4) is 0 Å². The number of fused-ring (bicyclic) bond motifs is 1. The average molecular weight is 143 g/mol. The minimum absolute atomic E-state index is 0.444. The Morgan fingerprint density at radius 2 is 2.00 bits per heavy atom. The van der Waals surface area contributed by atoms with Crippen LogP contribution < -0.4 is 0 Å². The van der Waals surface area contributed by atoms with Crippen molar-refractivity contribution in [1.29, 1.82) is 0 Å². The molecule has 3 atom stereocenters. The molecule has 60 valence electrons. The van der Waals surface area contributed by atoms with Gasteiger partial charge in [-0.2, -0.15) is 5.06 Å². The molecule has 1 aliphatic heterocycles. The molecule has 10 heavy (non-hydrogen) atoms. The zero-order valence-electron chi connectivity index (χ0n) is 7.04. The lowest BCUT2D eigenvalue weighted by atomic mass is 10.2. The van der Waals surface area contributed by atoms with E-state index in [2.05, 4.69) is 6.92 Å². The van der Waals surface area contributed by atoms with E-state index in [1.165, 1.54) is 11.5 Å². The van der Waals surface area contributed by atoms with Crippen LogP contribution in [0, 0.1) is 11.8 Å². The molecule has 0 bridgehead atoms. The maximum absolute atomic E-state index is 9.03. The second-order valence-corrected chi connectivity index (χ2v) is 3.02. The zero-order valence-corrected chi connectivity index (χ0v) is 7.04. The van der Waals surface area contributed by atoms with Crippen molar-refractivity contribution < 1.29 is 5.21 Å². The van der Waals surface area contributed by atoms with Gasteiger partial charge in [-0.05, 0) is 25.2 Å². The molecule has 0 aromatic carbocycles. The van der Waals surface area contributed by atoms with Gasteiger partial charge in [0.1, 0.15) is 0 Å². The fourth-order valence-corrected chi connectivity index (χ4v) is 1.70. The number of hydrogen-bond acceptors (Lipinski definition) is 2. The highest BCUT2D eigenvalue weighted by atomic mass is 16.5. The highest BCUT2D eigenvalue weighted by molar-refractivity contribution is 4.99. The van der Waals surface area contributed by atoms with E-state index < -0.39 is 0 Å². The molecule has 2 rings (SSSR count). The van der Waals surface area contributed by atoms with Gasteiger partial charge in [-0.15, -0.1) is 0 Å². The monoisotopic (exact) mass is 143 g/mol. The highest BCUT2D eigenvalue weighted by Crippen LogP contribution is 2.48. The average Bonchev–Trinajstić information content (AvgIpc) is 2.65. The molecule has 1 saturated heterocycles. The molecule has 0 aromatic rings. The molecule has 0 aromatic heterocycles. The Hall–Kier alpha value is -0.0800. The lowest BCUT2D eigenvalue weighted by molar-refractivity contribution is -0.109. The van der Waals surface area contributed by atoms with E-state index in [1.54, 1.807) is 0 Å². The molecule has 1 heterocycles. The van der Waals surface area contributed by atoms with Gasteiger partial charge >= 0.3 is 0 Å². The summed E-state index contributed by atoms with van der Waals surface area (Å²) in [5.74, 6) is 1.68. The molecule has 0 amide bonds. The maximum Gasteiger partial charge on any atom is 0.0353 e. The molecule has 2 heteroatoms. The van der Waals surface area contributed by atoms with Gasteiger partial charge in [-0.1, -0.05) is 13.8 Å². The summed E-state index contributed by atoms with van der Waals surface area (Å²) in [6.07, 6.45) is 1.36. The van der Waals surface area contributed by atoms with Crippen molar-refractivity contribution in [2.75, 3.05) is 6.54 Å². The second-order valence-electron chi connectivity index (χ2n) is 3.02. The van der Waals surface area contributed by atoms with Crippen molar-refractivity contribution in [1.82, 2.24) is 5.06 Å². The van der Waals surface area contributed by atoms with Gasteiger partial charge in [-0.25, -0.2) is 0 Å². The SMILES string of the molecule is CC.CC1C2CC2CN1O. The third kappa shape index (κ3) is 1.18. The van der Waals surface area contributed by atoms with Crippen molar-refractivity contribution in [2.45, 2.75) is 33.2 Å². The molecule has 0 radical (unpaired) electrons. The molecule has 2 nitrogen and oxygen atoms in total. The fraction of sp³-hybridized carbons (Fsp3) is 1.00. The summed E-state index contributed by atoms with van der Waals surface area (Å²) in [4.78, 5) is 0. The van der Waals surface area contributed by atoms with Gasteiger partial charge < -0.3 is 5.21 Å². The van der Waals surface area contributed by atoms with E-state index in [0.717, 1.165) is 18.4 Å². The van der Waals surface area contributed by atoms with Crippen LogP contribution in [0.25, 0.3) is 0 Å². The van der Waals surface area contributed by atoms with Crippen LogP contribution in [-0.4, -0.2) is 22.9 Å². The molecule has 3 unspecified atom stereocenters. The molecule has 2 aliphatic rings. The topological polar surface area (TPSA) is 23.5 Å². The summed E-state index contributed by atoms with van der Waals surface area (Å²) in [5, 5.41) is 10.5. The van der Waals surface area contributed by atoms with Crippen molar-refractivity contribution in [3.8, 4) is 0 Å². The Morgan fingerprint density at radius 1 is 1.40 bits per heavy atom. The first kappa shape index (κ1) is 8.02.